The number of hydrogen-bond donors (Lipinski definition) is 3. The van der Waals surface area contributed by atoms with Gasteiger partial charge in [-0.25, -0.2) is 9.78 Å². The lowest BCUT2D eigenvalue weighted by atomic mass is 9.87. The van der Waals surface area contributed by atoms with Crippen LogP contribution < -0.4 is 10.6 Å². The molecule has 2 aromatic rings. The Balaban J connectivity index is 1.41. The first-order chi connectivity index (χ1) is 17.6. The number of rotatable bonds is 14. The van der Waals surface area contributed by atoms with Gasteiger partial charge >= 0.3 is 12.1 Å². The molecule has 9 heteroatoms. The van der Waals surface area contributed by atoms with Crippen molar-refractivity contribution in [1.29, 1.82) is 0 Å². The zero-order valence-corrected chi connectivity index (χ0v) is 21.2. The maximum Gasteiger partial charge on any atom is 0.407 e. The van der Waals surface area contributed by atoms with Crippen molar-refractivity contribution in [3.05, 3.63) is 54.1 Å². The first kappa shape index (κ1) is 27.7. The molecule has 9 nitrogen and oxygen atoms in total. The summed E-state index contributed by atoms with van der Waals surface area (Å²) in [7, 11) is 1.36. The number of ether oxygens (including phenoxy) is 2. The van der Waals surface area contributed by atoms with E-state index in [0.717, 1.165) is 30.1 Å². The second-order valence-electron chi connectivity index (χ2n) is 9.50. The molecule has 0 unspecified atom stereocenters. The van der Waals surface area contributed by atoms with E-state index in [9.17, 15) is 14.7 Å². The topological polar surface area (TPSA) is 115 Å². The lowest BCUT2D eigenvalue weighted by molar-refractivity contribution is -0.143. The van der Waals surface area contributed by atoms with Crippen molar-refractivity contribution < 1.29 is 24.2 Å². The minimum absolute atomic E-state index is 0.154. The highest BCUT2D eigenvalue weighted by atomic mass is 16.5. The van der Waals surface area contributed by atoms with Crippen LogP contribution in [0.3, 0.4) is 0 Å². The Morgan fingerprint density at radius 1 is 1.19 bits per heavy atom. The van der Waals surface area contributed by atoms with Crippen LogP contribution in [0.2, 0.25) is 0 Å². The van der Waals surface area contributed by atoms with Crippen molar-refractivity contribution in [1.82, 2.24) is 20.2 Å². The van der Waals surface area contributed by atoms with E-state index >= 15 is 0 Å². The fraction of sp³-hybridized carbons (Fsp3) is 0.593. The van der Waals surface area contributed by atoms with Gasteiger partial charge in [0.1, 0.15) is 12.6 Å². The number of nitrogens with zero attached hydrogens (tertiary/aromatic N) is 2. The number of alkyl carbamates (subject to hydrolysis) is 1. The highest BCUT2D eigenvalue weighted by molar-refractivity contribution is 5.76. The number of hydrogen-bond acceptors (Lipinski definition) is 7. The average Bonchev–Trinajstić information content (AvgIpc) is 3.37. The van der Waals surface area contributed by atoms with Crippen molar-refractivity contribution >= 4 is 12.1 Å². The van der Waals surface area contributed by atoms with Crippen molar-refractivity contribution in [2.24, 2.45) is 5.92 Å². The summed E-state index contributed by atoms with van der Waals surface area (Å²) in [5, 5.41) is 15.5. The molecule has 1 aliphatic carbocycles. The lowest BCUT2D eigenvalue weighted by Crippen LogP contribution is -2.44. The third kappa shape index (κ3) is 9.62. The summed E-state index contributed by atoms with van der Waals surface area (Å²) >= 11 is 0. The number of benzene rings is 1. The Bertz CT molecular complexity index is 914. The highest BCUT2D eigenvalue weighted by Gasteiger charge is 2.22. The standard InChI is InChI=1S/C27H40N4O5/c1-35-26(33)25(16-24-17-31(20-29-24)15-13-21-8-4-2-5-9-21)28-14-12-23(18-32)30-27(34)36-19-22-10-6-3-7-11-22/h3,6-7,10-11,17,20-21,23,25,28,32H,2,4-5,8-9,12-16,18-19H2,1H3,(H,30,34)/t23-,25-/m0/s1. The predicted octanol–water partition coefficient (Wildman–Crippen LogP) is 3.20. The Hall–Kier alpha value is -2.91. The molecule has 0 bridgehead atoms. The molecule has 1 fully saturated rings. The van der Waals surface area contributed by atoms with E-state index in [0.29, 0.717) is 19.4 Å². The lowest BCUT2D eigenvalue weighted by Gasteiger charge is -2.21. The minimum atomic E-state index is -0.596. The number of aryl methyl sites for hydroxylation is 1. The van der Waals surface area contributed by atoms with Crippen LogP contribution in [0.5, 0.6) is 0 Å². The van der Waals surface area contributed by atoms with Gasteiger partial charge in [0.25, 0.3) is 0 Å². The molecular formula is C27H40N4O5. The van der Waals surface area contributed by atoms with Crippen LogP contribution in [0.15, 0.2) is 42.9 Å². The molecule has 3 rings (SSSR count). The van der Waals surface area contributed by atoms with Crippen LogP contribution in [0.25, 0.3) is 0 Å². The second kappa shape index (κ2) is 15.3. The number of amides is 1. The van der Waals surface area contributed by atoms with E-state index in [1.165, 1.54) is 39.2 Å². The molecule has 198 valence electrons. The minimum Gasteiger partial charge on any atom is -0.468 e. The summed E-state index contributed by atoms with van der Waals surface area (Å²) in [5.74, 6) is 0.431. The molecule has 1 aromatic carbocycles. The number of methoxy groups -OCH3 is 1. The van der Waals surface area contributed by atoms with Gasteiger partial charge in [0, 0.05) is 19.2 Å². The van der Waals surface area contributed by atoms with Crippen molar-refractivity contribution in [3.63, 3.8) is 0 Å². The SMILES string of the molecule is COC(=O)[C@H](Cc1cn(CCC2CCCCC2)cn1)NCC[C@@H](CO)NC(=O)OCc1ccccc1. The van der Waals surface area contributed by atoms with Gasteiger partial charge in [-0.2, -0.15) is 0 Å². The Kier molecular flexibility index (Phi) is 11.7. The monoisotopic (exact) mass is 500 g/mol. The molecule has 3 N–H and O–H groups in total. The molecule has 0 spiro atoms. The van der Waals surface area contributed by atoms with Gasteiger partial charge in [0.2, 0.25) is 0 Å². The van der Waals surface area contributed by atoms with E-state index in [2.05, 4.69) is 20.2 Å². The highest BCUT2D eigenvalue weighted by Crippen LogP contribution is 2.26. The maximum atomic E-state index is 12.3. The number of imidazole rings is 1. The molecule has 1 heterocycles. The van der Waals surface area contributed by atoms with E-state index in [-0.39, 0.29) is 19.2 Å². The van der Waals surface area contributed by atoms with Crippen LogP contribution >= 0.6 is 0 Å². The number of esters is 1. The molecule has 1 amide bonds. The molecule has 1 aliphatic rings. The number of aliphatic hydroxyl groups excluding tert-OH is 1. The maximum absolute atomic E-state index is 12.3. The van der Waals surface area contributed by atoms with Gasteiger partial charge in [-0.1, -0.05) is 62.4 Å². The first-order valence-electron chi connectivity index (χ1n) is 13.0. The third-order valence-electron chi connectivity index (χ3n) is 6.74. The van der Waals surface area contributed by atoms with E-state index in [1.807, 2.05) is 42.9 Å². The van der Waals surface area contributed by atoms with Crippen LogP contribution in [0.1, 0.15) is 56.2 Å². The summed E-state index contributed by atoms with van der Waals surface area (Å²) in [5.41, 5.74) is 1.70. The van der Waals surface area contributed by atoms with Crippen LogP contribution in [0, 0.1) is 5.92 Å². The molecule has 36 heavy (non-hydrogen) atoms. The molecular weight excluding hydrogens is 460 g/mol. The molecule has 1 aromatic heterocycles. The van der Waals surface area contributed by atoms with Crippen LogP contribution in [-0.4, -0.2) is 59.1 Å². The van der Waals surface area contributed by atoms with Gasteiger partial charge in [-0.05, 0) is 30.9 Å². The Morgan fingerprint density at radius 3 is 2.69 bits per heavy atom. The van der Waals surface area contributed by atoms with E-state index in [1.54, 1.807) is 0 Å². The van der Waals surface area contributed by atoms with Crippen LogP contribution in [0.4, 0.5) is 4.79 Å². The zero-order chi connectivity index (χ0) is 25.6. The molecule has 2 atom stereocenters. The summed E-state index contributed by atoms with van der Waals surface area (Å²) in [6.07, 6.45) is 11.9. The van der Waals surface area contributed by atoms with Gasteiger partial charge in [0.05, 0.1) is 31.8 Å². The van der Waals surface area contributed by atoms with Gasteiger partial charge in [-0.3, -0.25) is 4.79 Å². The second-order valence-corrected chi connectivity index (χ2v) is 9.50. The summed E-state index contributed by atoms with van der Waals surface area (Å²) in [4.78, 5) is 28.9. The summed E-state index contributed by atoms with van der Waals surface area (Å²) < 4.78 is 12.3. The van der Waals surface area contributed by atoms with E-state index < -0.39 is 18.2 Å². The molecule has 0 saturated heterocycles. The van der Waals surface area contributed by atoms with Gasteiger partial charge in [-0.15, -0.1) is 0 Å². The first-order valence-corrected chi connectivity index (χ1v) is 13.0. The number of aromatic nitrogens is 2. The normalized spacial score (nSPS) is 15.7. The smallest absolute Gasteiger partial charge is 0.407 e. The van der Waals surface area contributed by atoms with Crippen LogP contribution in [-0.2, 0) is 33.8 Å². The number of carbonyl (C=O) groups is 2. The van der Waals surface area contributed by atoms with Crippen molar-refractivity contribution in [2.75, 3.05) is 20.3 Å². The van der Waals surface area contributed by atoms with Crippen molar-refractivity contribution in [3.8, 4) is 0 Å². The van der Waals surface area contributed by atoms with Gasteiger partial charge < -0.3 is 29.8 Å². The zero-order valence-electron chi connectivity index (χ0n) is 21.2. The molecule has 0 aliphatic heterocycles. The van der Waals surface area contributed by atoms with E-state index in [4.69, 9.17) is 9.47 Å². The Labute approximate surface area is 213 Å². The average molecular weight is 501 g/mol. The predicted molar refractivity (Wildman–Crippen MR) is 136 cm³/mol. The third-order valence-corrected chi connectivity index (χ3v) is 6.74. The summed E-state index contributed by atoms with van der Waals surface area (Å²) in [6.45, 7) is 1.25. The summed E-state index contributed by atoms with van der Waals surface area (Å²) in [6, 6.07) is 8.31. The quantitative estimate of drug-likeness (QED) is 0.341. The number of carbonyl (C=O) groups excluding carboxylic acids is 2. The van der Waals surface area contributed by atoms with Gasteiger partial charge in [0.15, 0.2) is 0 Å². The fourth-order valence-electron chi connectivity index (χ4n) is 4.60. The number of nitrogens with one attached hydrogen (secondary N) is 2. The largest absolute Gasteiger partial charge is 0.468 e. The molecule has 1 saturated carbocycles. The van der Waals surface area contributed by atoms with Crippen molar-refractivity contribution in [2.45, 2.75) is 76.6 Å². The number of aliphatic hydroxyl groups is 1. The molecule has 0 radical (unpaired) electrons. The fourth-order valence-corrected chi connectivity index (χ4v) is 4.60. The Morgan fingerprint density at radius 2 is 1.97 bits per heavy atom.